The van der Waals surface area contributed by atoms with Crippen molar-refractivity contribution in [2.24, 2.45) is 7.05 Å². The van der Waals surface area contributed by atoms with Gasteiger partial charge in [0.2, 0.25) is 10.0 Å². The highest BCUT2D eigenvalue weighted by Gasteiger charge is 2.36. The first kappa shape index (κ1) is 16.4. The van der Waals surface area contributed by atoms with Crippen molar-refractivity contribution in [3.63, 3.8) is 0 Å². The lowest BCUT2D eigenvalue weighted by molar-refractivity contribution is 0.0724. The van der Waals surface area contributed by atoms with Gasteiger partial charge in [-0.2, -0.15) is 5.10 Å². The molecule has 1 aromatic heterocycles. The highest BCUT2D eigenvalue weighted by Crippen LogP contribution is 2.24. The molecule has 0 aliphatic carbocycles. The van der Waals surface area contributed by atoms with E-state index in [1.165, 1.54) is 0 Å². The Labute approximate surface area is 137 Å². The number of nitrogens with zero attached hydrogens (tertiary/aromatic N) is 4. The van der Waals surface area contributed by atoms with Crippen LogP contribution in [-0.2, 0) is 17.1 Å². The molecule has 1 aromatic rings. The lowest BCUT2D eigenvalue weighted by atomic mass is 10.1. The molecule has 1 amide bonds. The molecule has 0 aromatic carbocycles. The minimum Gasteiger partial charge on any atom is -0.338 e. The average Bonchev–Trinajstić information content (AvgIpc) is 3.01. The van der Waals surface area contributed by atoms with Crippen LogP contribution in [0.1, 0.15) is 42.5 Å². The van der Waals surface area contributed by atoms with Crippen molar-refractivity contribution < 1.29 is 13.2 Å². The number of carbonyl (C=O) groups excluding carboxylic acids is 1. The summed E-state index contributed by atoms with van der Waals surface area (Å²) in [6, 6.07) is 0. The molecule has 0 spiro atoms. The number of hydrogen-bond donors (Lipinski definition) is 0. The second-order valence-electron chi connectivity index (χ2n) is 6.40. The molecule has 0 N–H and O–H groups in total. The van der Waals surface area contributed by atoms with Crippen LogP contribution in [0.3, 0.4) is 0 Å². The van der Waals surface area contributed by atoms with Crippen molar-refractivity contribution in [2.75, 3.05) is 26.2 Å². The zero-order valence-corrected chi connectivity index (χ0v) is 14.3. The third kappa shape index (κ3) is 3.42. The average molecular weight is 340 g/mol. The molecule has 0 radical (unpaired) electrons. The number of likely N-dealkylation sites (tertiary alicyclic amines) is 1. The van der Waals surface area contributed by atoms with Crippen LogP contribution in [0.4, 0.5) is 0 Å². The first-order valence-electron chi connectivity index (χ1n) is 8.25. The van der Waals surface area contributed by atoms with E-state index in [2.05, 4.69) is 5.10 Å². The smallest absolute Gasteiger partial charge is 0.257 e. The van der Waals surface area contributed by atoms with Gasteiger partial charge in [0.15, 0.2) is 0 Å². The second-order valence-corrected chi connectivity index (χ2v) is 8.61. The van der Waals surface area contributed by atoms with Crippen molar-refractivity contribution in [1.29, 1.82) is 0 Å². The highest BCUT2D eigenvalue weighted by atomic mass is 32.2. The molecule has 0 saturated carbocycles. The summed E-state index contributed by atoms with van der Waals surface area (Å²) in [6.45, 7) is 2.28. The Morgan fingerprint density at radius 2 is 1.78 bits per heavy atom. The van der Waals surface area contributed by atoms with Gasteiger partial charge in [-0.15, -0.1) is 0 Å². The number of amides is 1. The predicted octanol–water partition coefficient (Wildman–Crippen LogP) is 0.840. The van der Waals surface area contributed by atoms with Gasteiger partial charge in [-0.1, -0.05) is 6.42 Å². The molecule has 0 atom stereocenters. The van der Waals surface area contributed by atoms with Crippen LogP contribution < -0.4 is 0 Å². The van der Waals surface area contributed by atoms with Crippen LogP contribution in [0.25, 0.3) is 0 Å². The van der Waals surface area contributed by atoms with Gasteiger partial charge in [0.25, 0.3) is 5.91 Å². The van der Waals surface area contributed by atoms with Crippen molar-refractivity contribution in [1.82, 2.24) is 19.0 Å². The number of piperidine rings is 2. The van der Waals surface area contributed by atoms with Crippen LogP contribution in [0.15, 0.2) is 12.4 Å². The van der Waals surface area contributed by atoms with Gasteiger partial charge >= 0.3 is 0 Å². The lowest BCUT2D eigenvalue weighted by Crippen LogP contribution is -2.48. The van der Waals surface area contributed by atoms with E-state index < -0.39 is 10.0 Å². The molecule has 3 heterocycles. The normalized spacial score (nSPS) is 21.5. The Hall–Kier alpha value is -1.41. The molecule has 2 aliphatic heterocycles. The molecule has 7 nitrogen and oxygen atoms in total. The number of aryl methyl sites for hydroxylation is 1. The Balaban J connectivity index is 1.60. The maximum atomic E-state index is 12.7. The largest absolute Gasteiger partial charge is 0.338 e. The van der Waals surface area contributed by atoms with Crippen LogP contribution in [0.5, 0.6) is 0 Å². The quantitative estimate of drug-likeness (QED) is 0.817. The van der Waals surface area contributed by atoms with E-state index in [1.807, 2.05) is 0 Å². The Morgan fingerprint density at radius 1 is 1.13 bits per heavy atom. The molecule has 2 fully saturated rings. The van der Waals surface area contributed by atoms with E-state index in [4.69, 9.17) is 0 Å². The van der Waals surface area contributed by atoms with E-state index >= 15 is 0 Å². The van der Waals surface area contributed by atoms with E-state index in [9.17, 15) is 13.2 Å². The Morgan fingerprint density at radius 3 is 2.35 bits per heavy atom. The molecule has 3 rings (SSSR count). The number of hydrogen-bond acceptors (Lipinski definition) is 4. The molecule has 128 valence electrons. The van der Waals surface area contributed by atoms with Gasteiger partial charge in [0.05, 0.1) is 17.0 Å². The zero-order valence-electron chi connectivity index (χ0n) is 13.5. The van der Waals surface area contributed by atoms with E-state index in [-0.39, 0.29) is 11.2 Å². The van der Waals surface area contributed by atoms with E-state index in [1.54, 1.807) is 33.3 Å². The number of carbonyl (C=O) groups is 1. The predicted molar refractivity (Wildman–Crippen MR) is 86.5 cm³/mol. The van der Waals surface area contributed by atoms with Gasteiger partial charge in [-0.25, -0.2) is 12.7 Å². The molecular weight excluding hydrogens is 316 g/mol. The molecule has 0 unspecified atom stereocenters. The maximum absolute atomic E-state index is 12.7. The summed E-state index contributed by atoms with van der Waals surface area (Å²) >= 11 is 0. The minimum atomic E-state index is -3.22. The topological polar surface area (TPSA) is 75.5 Å². The fourth-order valence-electron chi connectivity index (χ4n) is 3.40. The molecule has 0 bridgehead atoms. The van der Waals surface area contributed by atoms with Crippen LogP contribution in [0.2, 0.25) is 0 Å². The van der Waals surface area contributed by atoms with E-state index in [0.29, 0.717) is 44.6 Å². The van der Waals surface area contributed by atoms with Crippen molar-refractivity contribution in [3.8, 4) is 0 Å². The minimum absolute atomic E-state index is 0.0630. The number of rotatable bonds is 3. The fourth-order valence-corrected chi connectivity index (χ4v) is 5.40. The summed E-state index contributed by atoms with van der Waals surface area (Å²) in [6.07, 6.45) is 7.31. The van der Waals surface area contributed by atoms with Crippen molar-refractivity contribution in [3.05, 3.63) is 18.0 Å². The van der Waals surface area contributed by atoms with Gasteiger partial charge in [-0.05, 0) is 25.7 Å². The summed E-state index contributed by atoms with van der Waals surface area (Å²) < 4.78 is 28.6. The number of aromatic nitrogens is 2. The summed E-state index contributed by atoms with van der Waals surface area (Å²) in [5, 5.41) is 3.67. The molecule has 23 heavy (non-hydrogen) atoms. The van der Waals surface area contributed by atoms with Crippen molar-refractivity contribution >= 4 is 15.9 Å². The highest BCUT2D eigenvalue weighted by molar-refractivity contribution is 7.89. The summed E-state index contributed by atoms with van der Waals surface area (Å²) in [5.41, 5.74) is 0.560. The Kier molecular flexibility index (Phi) is 4.72. The summed E-state index contributed by atoms with van der Waals surface area (Å²) in [7, 11) is -1.44. The standard InChI is InChI=1S/C15H24N4O3S/c1-17-12-13(11-16-17)15(20)18-9-5-14(6-10-18)23(21,22)19-7-3-2-4-8-19/h11-12,14H,2-10H2,1H3. The first-order valence-corrected chi connectivity index (χ1v) is 9.75. The first-order chi connectivity index (χ1) is 11.0. The van der Waals surface area contributed by atoms with Gasteiger partial charge < -0.3 is 4.90 Å². The second kappa shape index (κ2) is 6.60. The van der Waals surface area contributed by atoms with Crippen molar-refractivity contribution in [2.45, 2.75) is 37.4 Å². The Bertz CT molecular complexity index is 656. The van der Waals surface area contributed by atoms with Gasteiger partial charge in [-0.3, -0.25) is 9.48 Å². The third-order valence-electron chi connectivity index (χ3n) is 4.78. The van der Waals surface area contributed by atoms with E-state index in [0.717, 1.165) is 19.3 Å². The van der Waals surface area contributed by atoms with Crippen LogP contribution in [0, 0.1) is 0 Å². The third-order valence-corrected chi connectivity index (χ3v) is 7.18. The monoisotopic (exact) mass is 340 g/mol. The number of sulfonamides is 1. The summed E-state index contributed by atoms with van der Waals surface area (Å²) in [4.78, 5) is 14.1. The lowest BCUT2D eigenvalue weighted by Gasteiger charge is -2.35. The SMILES string of the molecule is Cn1cc(C(=O)N2CCC(S(=O)(=O)N3CCCCC3)CC2)cn1. The fraction of sp³-hybridized carbons (Fsp3) is 0.733. The van der Waals surface area contributed by atoms with Gasteiger partial charge in [0.1, 0.15) is 0 Å². The van der Waals surface area contributed by atoms with Crippen LogP contribution >= 0.6 is 0 Å². The molecule has 2 aliphatic rings. The molecule has 8 heteroatoms. The summed E-state index contributed by atoms with van der Waals surface area (Å²) in [5.74, 6) is -0.0630. The molecular formula is C15H24N4O3S. The van der Waals surface area contributed by atoms with Gasteiger partial charge in [0, 0.05) is 39.4 Å². The maximum Gasteiger partial charge on any atom is 0.257 e. The molecule has 2 saturated heterocycles. The van der Waals surface area contributed by atoms with Crippen LogP contribution in [-0.4, -0.2) is 64.7 Å². The zero-order chi connectivity index (χ0) is 16.4.